The zero-order valence-electron chi connectivity index (χ0n) is 27.3. The quantitative estimate of drug-likeness (QED) is 0.0561. The number of aliphatic carboxylic acids is 10. The summed E-state index contributed by atoms with van der Waals surface area (Å²) >= 11 is 0. The van der Waals surface area contributed by atoms with Gasteiger partial charge in [-0.2, -0.15) is 0 Å². The largest absolute Gasteiger partial charge is 0.481 e. The molecule has 20 N–H and O–H groups in total. The molecule has 0 unspecified atom stereocenters. The van der Waals surface area contributed by atoms with Crippen LogP contribution in [0.5, 0.6) is 0 Å². The zero-order valence-corrected chi connectivity index (χ0v) is 30.1. The summed E-state index contributed by atoms with van der Waals surface area (Å²) < 4.78 is 0. The third kappa shape index (κ3) is 55.1. The van der Waals surface area contributed by atoms with Crippen molar-refractivity contribution in [2.75, 3.05) is 0 Å². The fraction of sp³-hybridized carbons (Fsp3) is 0.600. The van der Waals surface area contributed by atoms with Crippen LogP contribution in [0.3, 0.4) is 0 Å². The topological polar surface area (TPSA) is 503 Å². The van der Waals surface area contributed by atoms with Crippen molar-refractivity contribution >= 4 is 59.7 Å². The van der Waals surface area contributed by atoms with Gasteiger partial charge in [0, 0.05) is 69.2 Å². The molecule has 0 fully saturated rings. The van der Waals surface area contributed by atoms with Crippen molar-refractivity contribution < 1.29 is 136 Å². The minimum Gasteiger partial charge on any atom is -0.481 e. The Bertz CT molecular complexity index is 933. The van der Waals surface area contributed by atoms with Gasteiger partial charge in [-0.25, -0.2) is 0 Å². The molecule has 25 nitrogen and oxygen atoms in total. The van der Waals surface area contributed by atoms with E-state index in [0.717, 1.165) is 0 Å². The van der Waals surface area contributed by atoms with Crippen LogP contribution in [0.25, 0.3) is 0 Å². The maximum atomic E-state index is 9.99. The molecule has 52 heavy (non-hydrogen) atoms. The molecular weight excluding hydrogens is 792 g/mol. The molecule has 0 aliphatic rings. The summed E-state index contributed by atoms with van der Waals surface area (Å²) in [4.78, 5) is 99.4. The fourth-order valence-corrected chi connectivity index (χ4v) is 2.01. The Morgan fingerprint density at radius 2 is 0.385 bits per heavy atom. The van der Waals surface area contributed by atoms with Gasteiger partial charge in [0.1, 0.15) is 30.2 Å². The Hall–Kier alpha value is -4.33. The van der Waals surface area contributed by atoms with E-state index in [1.165, 1.54) is 0 Å². The summed E-state index contributed by atoms with van der Waals surface area (Å²) in [5.41, 5.74) is 25.0. The van der Waals surface area contributed by atoms with E-state index >= 15 is 0 Å². The minimum atomic E-state index is -1.17. The SMILES string of the molecule is N[C@@H](CCC(=O)O)C(=O)O.N[C@@H](CCC(=O)O)C(=O)O.N[C@@H](CCC(=O)O)C(=O)O.N[C@@H](CCC(=O)O)C(=O)O.N[C@H](CCC(=O)O)C(=O)O.[V].[V]. The number of hydrogen-bond acceptors (Lipinski definition) is 15. The van der Waals surface area contributed by atoms with Crippen molar-refractivity contribution in [2.45, 2.75) is 94.4 Å². The van der Waals surface area contributed by atoms with Gasteiger partial charge in [-0.1, -0.05) is 0 Å². The van der Waals surface area contributed by atoms with E-state index in [1.54, 1.807) is 0 Å². The first kappa shape index (κ1) is 62.8. The van der Waals surface area contributed by atoms with E-state index in [9.17, 15) is 47.9 Å². The van der Waals surface area contributed by atoms with Crippen molar-refractivity contribution in [2.24, 2.45) is 28.7 Å². The summed E-state index contributed by atoms with van der Waals surface area (Å²) in [6.07, 6.45) is -1.12. The predicted octanol–water partition coefficient (Wildman–Crippen LogP) is -3.69. The minimum absolute atomic E-state index is 0. The zero-order chi connectivity index (χ0) is 40.7. The molecule has 0 aliphatic carbocycles. The van der Waals surface area contributed by atoms with Crippen LogP contribution in [0.2, 0.25) is 0 Å². The summed E-state index contributed by atoms with van der Waals surface area (Å²) in [6.45, 7) is 0. The van der Waals surface area contributed by atoms with Crippen LogP contribution in [0.1, 0.15) is 64.2 Å². The molecule has 0 aliphatic heterocycles. The average molecular weight is 838 g/mol. The maximum Gasteiger partial charge on any atom is 0.320 e. The third-order valence-electron chi connectivity index (χ3n) is 4.93. The monoisotopic (exact) mass is 837 g/mol. The number of carboxylic acid groups (broad SMARTS) is 10. The Morgan fingerprint density at radius 1 is 0.288 bits per heavy atom. The van der Waals surface area contributed by atoms with Crippen molar-refractivity contribution in [3.05, 3.63) is 0 Å². The first-order valence-electron chi connectivity index (χ1n) is 13.7. The number of nitrogens with two attached hydrogens (primary N) is 5. The number of rotatable bonds is 20. The van der Waals surface area contributed by atoms with E-state index in [0.29, 0.717) is 0 Å². The van der Waals surface area contributed by atoms with Gasteiger partial charge in [0.15, 0.2) is 0 Å². The normalized spacial score (nSPS) is 12.0. The van der Waals surface area contributed by atoms with Gasteiger partial charge in [-0.05, 0) is 32.1 Å². The van der Waals surface area contributed by atoms with Gasteiger partial charge in [0.25, 0.3) is 0 Å². The molecule has 2 radical (unpaired) electrons. The summed E-state index contributed by atoms with van der Waals surface area (Å²) in [5.74, 6) is -11.0. The van der Waals surface area contributed by atoms with Crippen molar-refractivity contribution in [1.29, 1.82) is 0 Å². The second-order valence-electron chi connectivity index (χ2n) is 9.39. The van der Waals surface area contributed by atoms with E-state index in [2.05, 4.69) is 0 Å². The molecular formula is C25H45N5O20V2. The van der Waals surface area contributed by atoms with Crippen LogP contribution < -0.4 is 28.7 Å². The van der Waals surface area contributed by atoms with Crippen LogP contribution in [-0.2, 0) is 85.1 Å². The van der Waals surface area contributed by atoms with Gasteiger partial charge >= 0.3 is 59.7 Å². The average Bonchev–Trinajstić information content (AvgIpc) is 2.99. The summed E-state index contributed by atoms with van der Waals surface area (Å²) in [7, 11) is 0. The number of carbonyl (C=O) groups is 10. The number of carboxylic acids is 10. The van der Waals surface area contributed by atoms with Gasteiger partial charge in [-0.15, -0.1) is 0 Å². The van der Waals surface area contributed by atoms with Gasteiger partial charge in [0.05, 0.1) is 0 Å². The standard InChI is InChI=1S/5C5H9NO4.2V/c5*6-3(5(9)10)1-2-4(7)8;;/h5*3H,1-2,6H2,(H,7,8)(H,9,10);;/t5*3-;;/m10000../s1. The Morgan fingerprint density at radius 3 is 0.442 bits per heavy atom. The van der Waals surface area contributed by atoms with Crippen LogP contribution in [0.15, 0.2) is 0 Å². The molecule has 0 spiro atoms. The Kier molecular flexibility index (Phi) is 45.8. The Balaban J connectivity index is -0.0000000964. The Labute approximate surface area is 318 Å². The van der Waals surface area contributed by atoms with Gasteiger partial charge < -0.3 is 79.7 Å². The first-order chi connectivity index (χ1) is 22.7. The molecule has 0 bridgehead atoms. The van der Waals surface area contributed by atoms with E-state index in [1.807, 2.05) is 0 Å². The second-order valence-corrected chi connectivity index (χ2v) is 9.39. The van der Waals surface area contributed by atoms with E-state index in [4.69, 9.17) is 79.7 Å². The molecule has 0 aromatic carbocycles. The molecule has 0 rings (SSSR count). The predicted molar refractivity (Wildman–Crippen MR) is 162 cm³/mol. The van der Waals surface area contributed by atoms with Crippen LogP contribution in [-0.4, -0.2) is 141 Å². The summed E-state index contributed by atoms with van der Waals surface area (Å²) in [5, 5.41) is 81.4. The van der Waals surface area contributed by atoms with Crippen molar-refractivity contribution in [1.82, 2.24) is 0 Å². The maximum absolute atomic E-state index is 9.99. The van der Waals surface area contributed by atoms with Crippen molar-refractivity contribution in [3.8, 4) is 0 Å². The number of hydrogen-bond donors (Lipinski definition) is 15. The van der Waals surface area contributed by atoms with Crippen molar-refractivity contribution in [3.63, 3.8) is 0 Å². The first-order valence-corrected chi connectivity index (χ1v) is 13.7. The smallest absolute Gasteiger partial charge is 0.320 e. The van der Waals surface area contributed by atoms with E-state index in [-0.39, 0.29) is 101 Å². The second kappa shape index (κ2) is 37.9. The molecule has 0 aromatic rings. The van der Waals surface area contributed by atoms with Gasteiger partial charge in [0.2, 0.25) is 0 Å². The molecule has 0 amide bonds. The van der Waals surface area contributed by atoms with Crippen LogP contribution in [0.4, 0.5) is 0 Å². The fourth-order valence-electron chi connectivity index (χ4n) is 2.01. The van der Waals surface area contributed by atoms with Gasteiger partial charge in [-0.3, -0.25) is 47.9 Å². The van der Waals surface area contributed by atoms with E-state index < -0.39 is 89.9 Å². The summed E-state index contributed by atoms with van der Waals surface area (Å²) in [6, 6.07) is -5.30. The van der Waals surface area contributed by atoms with Crippen LogP contribution in [0, 0.1) is 0 Å². The molecule has 300 valence electrons. The molecule has 0 saturated heterocycles. The molecule has 5 atom stereocenters. The van der Waals surface area contributed by atoms with Crippen LogP contribution >= 0.6 is 0 Å². The molecule has 27 heteroatoms. The third-order valence-corrected chi connectivity index (χ3v) is 4.93. The molecule has 0 saturated carbocycles. The molecule has 0 aromatic heterocycles. The molecule has 0 heterocycles.